The van der Waals surface area contributed by atoms with Crippen molar-refractivity contribution in [1.29, 1.82) is 0 Å². The minimum atomic E-state index is 0.347. The van der Waals surface area contributed by atoms with Crippen molar-refractivity contribution in [2.24, 2.45) is 5.92 Å². The molecule has 1 aliphatic carbocycles. The zero-order chi connectivity index (χ0) is 8.10. The van der Waals surface area contributed by atoms with E-state index in [0.717, 1.165) is 32.1 Å². The Balaban J connectivity index is 2.25. The molecule has 1 heteroatoms. The van der Waals surface area contributed by atoms with Crippen molar-refractivity contribution in [3.63, 3.8) is 0 Å². The third kappa shape index (κ3) is 2.36. The summed E-state index contributed by atoms with van der Waals surface area (Å²) in [5.74, 6) is 0.807. The molecule has 1 saturated carbocycles. The number of hydrogen-bond donors (Lipinski definition) is 0. The van der Waals surface area contributed by atoms with Crippen LogP contribution in [0.3, 0.4) is 0 Å². The molecule has 0 aliphatic heterocycles. The first-order valence-corrected chi connectivity index (χ1v) is 4.21. The van der Waals surface area contributed by atoms with Crippen LogP contribution in [0.1, 0.15) is 32.1 Å². The van der Waals surface area contributed by atoms with E-state index in [1.54, 1.807) is 0 Å². The van der Waals surface area contributed by atoms with Gasteiger partial charge in [0.15, 0.2) is 0 Å². The Kier molecular flexibility index (Phi) is 3.13. The predicted molar refractivity (Wildman–Crippen MR) is 45.3 cm³/mol. The van der Waals surface area contributed by atoms with Crippen LogP contribution in [0.5, 0.6) is 0 Å². The van der Waals surface area contributed by atoms with Crippen LogP contribution in [0, 0.1) is 5.92 Å². The molecule has 60 valence electrons. The van der Waals surface area contributed by atoms with Crippen LogP contribution in [0.15, 0.2) is 18.4 Å². The van der Waals surface area contributed by atoms with Crippen LogP contribution in [-0.4, -0.2) is 5.78 Å². The predicted octanol–water partition coefficient (Wildman–Crippen LogP) is 2.48. The van der Waals surface area contributed by atoms with E-state index < -0.39 is 0 Å². The Bertz CT molecular complexity index is 187. The van der Waals surface area contributed by atoms with Crippen LogP contribution < -0.4 is 0 Å². The number of rotatable bonds is 3. The fourth-order valence-corrected chi connectivity index (χ4v) is 1.58. The molecule has 0 saturated heterocycles. The monoisotopic (exact) mass is 150 g/mol. The molecule has 0 radical (unpaired) electrons. The van der Waals surface area contributed by atoms with Gasteiger partial charge in [-0.25, -0.2) is 0 Å². The molecule has 0 spiro atoms. The second-order valence-electron chi connectivity index (χ2n) is 3.04. The van der Waals surface area contributed by atoms with E-state index in [9.17, 15) is 4.79 Å². The van der Waals surface area contributed by atoms with Crippen molar-refractivity contribution in [2.75, 3.05) is 0 Å². The van der Waals surface area contributed by atoms with E-state index >= 15 is 0 Å². The second-order valence-corrected chi connectivity index (χ2v) is 3.04. The zero-order valence-corrected chi connectivity index (χ0v) is 6.81. The zero-order valence-electron chi connectivity index (χ0n) is 6.81. The minimum Gasteiger partial charge on any atom is -0.299 e. The van der Waals surface area contributed by atoms with Gasteiger partial charge in [-0.2, -0.15) is 0 Å². The van der Waals surface area contributed by atoms with Gasteiger partial charge >= 0.3 is 0 Å². The first-order chi connectivity index (χ1) is 5.34. The number of carbonyl (C=O) groups is 1. The summed E-state index contributed by atoms with van der Waals surface area (Å²) in [7, 11) is 0. The molecule has 0 aromatic carbocycles. The van der Waals surface area contributed by atoms with Gasteiger partial charge in [0, 0.05) is 12.3 Å². The van der Waals surface area contributed by atoms with E-state index in [1.165, 1.54) is 0 Å². The van der Waals surface area contributed by atoms with Gasteiger partial charge in [-0.15, -0.1) is 5.73 Å². The molecular formula is C10H14O. The molecule has 1 nitrogen and oxygen atoms in total. The van der Waals surface area contributed by atoms with Gasteiger partial charge in [0.2, 0.25) is 0 Å². The fourth-order valence-electron chi connectivity index (χ4n) is 1.58. The number of hydrogen-bond acceptors (Lipinski definition) is 1. The summed E-state index contributed by atoms with van der Waals surface area (Å²) in [6.45, 7) is 3.48. The summed E-state index contributed by atoms with van der Waals surface area (Å²) >= 11 is 0. The lowest BCUT2D eigenvalue weighted by Gasteiger charge is -2.02. The summed E-state index contributed by atoms with van der Waals surface area (Å²) in [6.07, 6.45) is 6.88. The molecule has 1 unspecified atom stereocenters. The lowest BCUT2D eigenvalue weighted by Crippen LogP contribution is -2.04. The third-order valence-electron chi connectivity index (χ3n) is 2.23. The normalized spacial score (nSPS) is 23.3. The van der Waals surface area contributed by atoms with Gasteiger partial charge in [-0.1, -0.05) is 6.58 Å². The molecule has 0 bridgehead atoms. The minimum absolute atomic E-state index is 0.347. The van der Waals surface area contributed by atoms with Gasteiger partial charge in [-0.3, -0.25) is 4.79 Å². The molecular weight excluding hydrogens is 136 g/mol. The van der Waals surface area contributed by atoms with Gasteiger partial charge in [0.1, 0.15) is 5.78 Å². The largest absolute Gasteiger partial charge is 0.299 e. The van der Waals surface area contributed by atoms with Crippen molar-refractivity contribution in [3.8, 4) is 0 Å². The molecule has 0 N–H and O–H groups in total. The molecule has 0 aromatic rings. The maximum atomic E-state index is 11.1. The summed E-state index contributed by atoms with van der Waals surface area (Å²) in [5, 5.41) is 0. The number of ketones is 1. The van der Waals surface area contributed by atoms with E-state index in [2.05, 4.69) is 12.3 Å². The van der Waals surface area contributed by atoms with Gasteiger partial charge in [0.05, 0.1) is 0 Å². The summed E-state index contributed by atoms with van der Waals surface area (Å²) < 4.78 is 0. The van der Waals surface area contributed by atoms with E-state index in [1.807, 2.05) is 6.08 Å². The number of carbonyl (C=O) groups excluding carboxylic acids is 1. The van der Waals surface area contributed by atoms with Crippen molar-refractivity contribution >= 4 is 5.78 Å². The Morgan fingerprint density at radius 1 is 1.73 bits per heavy atom. The van der Waals surface area contributed by atoms with Crippen molar-refractivity contribution in [3.05, 3.63) is 18.4 Å². The highest BCUT2D eigenvalue weighted by Gasteiger charge is 2.22. The average Bonchev–Trinajstić information content (AvgIpc) is 2.37. The first-order valence-electron chi connectivity index (χ1n) is 4.21. The molecule has 0 aromatic heterocycles. The van der Waals surface area contributed by atoms with E-state index in [-0.39, 0.29) is 0 Å². The quantitative estimate of drug-likeness (QED) is 0.565. The highest BCUT2D eigenvalue weighted by Crippen LogP contribution is 2.25. The molecule has 0 heterocycles. The molecule has 1 aliphatic rings. The van der Waals surface area contributed by atoms with Gasteiger partial charge in [-0.05, 0) is 31.8 Å². The van der Waals surface area contributed by atoms with Crippen LogP contribution in [0.2, 0.25) is 0 Å². The lowest BCUT2D eigenvalue weighted by molar-refractivity contribution is -0.120. The lowest BCUT2D eigenvalue weighted by atomic mass is 10.0. The van der Waals surface area contributed by atoms with Gasteiger partial charge in [0.25, 0.3) is 0 Å². The van der Waals surface area contributed by atoms with Crippen molar-refractivity contribution < 1.29 is 4.79 Å². The van der Waals surface area contributed by atoms with Crippen LogP contribution in [-0.2, 0) is 4.79 Å². The topological polar surface area (TPSA) is 17.1 Å². The Morgan fingerprint density at radius 3 is 3.09 bits per heavy atom. The van der Waals surface area contributed by atoms with Crippen LogP contribution in [0.4, 0.5) is 0 Å². The van der Waals surface area contributed by atoms with Crippen molar-refractivity contribution in [1.82, 2.24) is 0 Å². The maximum Gasteiger partial charge on any atom is 0.135 e. The Hall–Kier alpha value is -0.810. The van der Waals surface area contributed by atoms with E-state index in [0.29, 0.717) is 11.7 Å². The van der Waals surface area contributed by atoms with E-state index in [4.69, 9.17) is 0 Å². The summed E-state index contributed by atoms with van der Waals surface area (Å²) in [5.41, 5.74) is 2.72. The summed E-state index contributed by atoms with van der Waals surface area (Å²) in [4.78, 5) is 11.1. The number of Topliss-reactive ketones (excluding diaryl/α,β-unsaturated/α-hetero) is 1. The Labute approximate surface area is 67.8 Å². The first kappa shape index (κ1) is 8.29. The SMILES string of the molecule is C=C=CCCC1CCCC1=O. The molecule has 1 rings (SSSR count). The number of allylic oxidation sites excluding steroid dienone is 1. The average molecular weight is 150 g/mol. The highest BCUT2D eigenvalue weighted by atomic mass is 16.1. The van der Waals surface area contributed by atoms with Crippen LogP contribution >= 0.6 is 0 Å². The fraction of sp³-hybridized carbons (Fsp3) is 0.600. The second kappa shape index (κ2) is 4.15. The molecule has 1 fully saturated rings. The molecule has 11 heavy (non-hydrogen) atoms. The third-order valence-corrected chi connectivity index (χ3v) is 2.23. The maximum absolute atomic E-state index is 11.1. The Morgan fingerprint density at radius 2 is 2.55 bits per heavy atom. The smallest absolute Gasteiger partial charge is 0.135 e. The molecule has 0 amide bonds. The van der Waals surface area contributed by atoms with Crippen LogP contribution in [0.25, 0.3) is 0 Å². The highest BCUT2D eigenvalue weighted by molar-refractivity contribution is 5.82. The van der Waals surface area contributed by atoms with Crippen molar-refractivity contribution in [2.45, 2.75) is 32.1 Å². The standard InChI is InChI=1S/C10H14O/c1-2-3-4-6-9-7-5-8-10(9)11/h3,9H,1,4-8H2. The van der Waals surface area contributed by atoms with Gasteiger partial charge < -0.3 is 0 Å². The molecule has 1 atom stereocenters. The summed E-state index contributed by atoms with van der Waals surface area (Å²) in [6, 6.07) is 0.